The molecule has 11 heteroatoms. The average molecular weight is 767 g/mol. The summed E-state index contributed by atoms with van der Waals surface area (Å²) >= 11 is 0. The summed E-state index contributed by atoms with van der Waals surface area (Å²) in [7, 11) is 4.97. The van der Waals surface area contributed by atoms with Crippen LogP contribution in [-0.2, 0) is 24.7 Å². The van der Waals surface area contributed by atoms with Gasteiger partial charge in [0.1, 0.15) is 22.8 Å². The number of likely N-dealkylation sites (tertiary alicyclic amines) is 1. The van der Waals surface area contributed by atoms with E-state index in [1.165, 1.54) is 0 Å². The Kier molecular flexibility index (Phi) is 14.9. The van der Waals surface area contributed by atoms with Gasteiger partial charge in [-0.25, -0.2) is 4.79 Å². The van der Waals surface area contributed by atoms with Crippen LogP contribution in [0.1, 0.15) is 76.7 Å². The molecule has 4 aromatic carbocycles. The summed E-state index contributed by atoms with van der Waals surface area (Å²) in [6, 6.07) is 29.1. The molecule has 1 heterocycles. The van der Waals surface area contributed by atoms with Crippen molar-refractivity contribution in [2.24, 2.45) is 0 Å². The van der Waals surface area contributed by atoms with Gasteiger partial charge in [-0.1, -0.05) is 61.0 Å². The van der Waals surface area contributed by atoms with Gasteiger partial charge in [-0.3, -0.25) is 9.59 Å². The first-order chi connectivity index (χ1) is 27.1. The molecule has 0 saturated carbocycles. The molecule has 4 aromatic rings. The number of carbonyl (C=O) groups excluding carboxylic acids is 2. The normalized spacial score (nSPS) is 15.3. The van der Waals surface area contributed by atoms with Crippen LogP contribution in [0.15, 0.2) is 91.0 Å². The number of aromatic carboxylic acids is 1. The van der Waals surface area contributed by atoms with Crippen molar-refractivity contribution in [1.29, 1.82) is 0 Å². The van der Waals surface area contributed by atoms with Gasteiger partial charge >= 0.3 is 5.97 Å². The highest BCUT2D eigenvalue weighted by Gasteiger charge is 2.41. The number of unbranched alkanes of at least 4 members (excludes halogenated alkanes) is 2. The maximum Gasteiger partial charge on any atom is 0.336 e. The standard InChI is InChI=1S/C45H54N2O9/c1-31-26-39(27-32(2)43(31)44(50)51)55-25-23-41(48)46-24-11-7-10-14-42(49)47-29-40(54-5)28-36(47)30-56-45(33-12-8-6-9-13-33,34-15-19-37(52-3)20-16-34)35-17-21-38(53-4)22-18-35/h6,8-9,12-13,15-22,26-27,36,40H,7,10-11,14,23-25,28-30H2,1-5H3,(H,46,48)(H,50,51)/t36-,40+/m0/s1. The van der Waals surface area contributed by atoms with E-state index in [2.05, 4.69) is 17.4 Å². The van der Waals surface area contributed by atoms with Crippen molar-refractivity contribution in [2.75, 3.05) is 47.6 Å². The average Bonchev–Trinajstić information content (AvgIpc) is 3.63. The number of benzene rings is 4. The van der Waals surface area contributed by atoms with E-state index in [1.54, 1.807) is 47.3 Å². The van der Waals surface area contributed by atoms with Crippen molar-refractivity contribution >= 4 is 17.8 Å². The molecular weight excluding hydrogens is 712 g/mol. The summed E-state index contributed by atoms with van der Waals surface area (Å²) in [6.45, 7) is 4.91. The van der Waals surface area contributed by atoms with E-state index in [0.29, 0.717) is 49.2 Å². The molecule has 2 atom stereocenters. The third-order valence-electron chi connectivity index (χ3n) is 10.4. The minimum atomic E-state index is -0.998. The molecule has 298 valence electrons. The van der Waals surface area contributed by atoms with Crippen molar-refractivity contribution in [3.63, 3.8) is 0 Å². The Balaban J connectivity index is 1.17. The summed E-state index contributed by atoms with van der Waals surface area (Å²) in [5.74, 6) is 0.969. The molecule has 0 spiro atoms. The summed E-state index contributed by atoms with van der Waals surface area (Å²) in [6.07, 6.45) is 3.33. The van der Waals surface area contributed by atoms with Crippen LogP contribution in [0.4, 0.5) is 0 Å². The molecule has 0 bridgehead atoms. The Hall–Kier alpha value is -5.39. The molecule has 11 nitrogen and oxygen atoms in total. The second-order valence-electron chi connectivity index (χ2n) is 14.1. The zero-order valence-electron chi connectivity index (χ0n) is 33.0. The highest BCUT2D eigenvalue weighted by atomic mass is 16.5. The highest BCUT2D eigenvalue weighted by Crippen LogP contribution is 2.42. The van der Waals surface area contributed by atoms with Crippen LogP contribution in [0, 0.1) is 13.8 Å². The molecule has 2 amide bonds. The minimum Gasteiger partial charge on any atom is -0.497 e. The number of ether oxygens (including phenoxy) is 5. The predicted molar refractivity (Wildman–Crippen MR) is 214 cm³/mol. The molecule has 0 aliphatic carbocycles. The molecular formula is C45H54N2O9. The largest absolute Gasteiger partial charge is 0.497 e. The third-order valence-corrected chi connectivity index (χ3v) is 10.4. The molecule has 0 aromatic heterocycles. The summed E-state index contributed by atoms with van der Waals surface area (Å²) < 4.78 is 29.6. The number of hydrogen-bond acceptors (Lipinski definition) is 8. The van der Waals surface area contributed by atoms with Crippen LogP contribution in [-0.4, -0.2) is 87.6 Å². The van der Waals surface area contributed by atoms with Crippen molar-refractivity contribution in [3.05, 3.63) is 124 Å². The Bertz CT molecular complexity index is 1830. The lowest BCUT2D eigenvalue weighted by molar-refractivity contribution is -0.134. The smallest absolute Gasteiger partial charge is 0.336 e. The SMILES string of the molecule is COc1ccc(C(OC[C@@H]2C[C@@H](OC)CN2C(=O)CCCCCNC(=O)CCOc2cc(C)c(C(=O)O)c(C)c2)(c2ccccc2)c2ccc(OC)cc2)cc1. The molecule has 1 saturated heterocycles. The zero-order chi connectivity index (χ0) is 40.1. The van der Waals surface area contributed by atoms with Crippen LogP contribution < -0.4 is 19.5 Å². The Morgan fingerprint density at radius 1 is 0.768 bits per heavy atom. The fraction of sp³-hybridized carbons (Fsp3) is 0.400. The first-order valence-electron chi connectivity index (χ1n) is 19.1. The van der Waals surface area contributed by atoms with E-state index in [0.717, 1.165) is 41.0 Å². The Morgan fingerprint density at radius 2 is 1.36 bits per heavy atom. The Morgan fingerprint density at radius 3 is 1.91 bits per heavy atom. The van der Waals surface area contributed by atoms with E-state index in [9.17, 15) is 19.5 Å². The van der Waals surface area contributed by atoms with Crippen LogP contribution in [0.2, 0.25) is 0 Å². The maximum atomic E-state index is 13.7. The number of methoxy groups -OCH3 is 3. The first-order valence-corrected chi connectivity index (χ1v) is 19.1. The summed E-state index contributed by atoms with van der Waals surface area (Å²) in [5, 5.41) is 12.3. The van der Waals surface area contributed by atoms with Gasteiger partial charge in [-0.15, -0.1) is 0 Å². The maximum absolute atomic E-state index is 13.7. The van der Waals surface area contributed by atoms with E-state index >= 15 is 0 Å². The van der Waals surface area contributed by atoms with Gasteiger partial charge in [0.25, 0.3) is 0 Å². The van der Waals surface area contributed by atoms with E-state index in [-0.39, 0.29) is 49.2 Å². The monoisotopic (exact) mass is 766 g/mol. The van der Waals surface area contributed by atoms with Gasteiger partial charge in [-0.05, 0) is 97.3 Å². The fourth-order valence-corrected chi connectivity index (χ4v) is 7.45. The number of nitrogens with zero attached hydrogens (tertiary/aromatic N) is 1. The molecule has 1 fully saturated rings. The van der Waals surface area contributed by atoms with Crippen molar-refractivity contribution < 1.29 is 43.2 Å². The number of aryl methyl sites for hydroxylation is 2. The number of hydrogen-bond donors (Lipinski definition) is 2. The molecule has 56 heavy (non-hydrogen) atoms. The number of amides is 2. The van der Waals surface area contributed by atoms with Crippen LogP contribution in [0.5, 0.6) is 17.2 Å². The molecule has 1 aliphatic rings. The Labute approximate surface area is 329 Å². The zero-order valence-corrected chi connectivity index (χ0v) is 33.0. The third kappa shape index (κ3) is 10.3. The first kappa shape index (κ1) is 41.8. The lowest BCUT2D eigenvalue weighted by Crippen LogP contribution is -2.42. The predicted octanol–water partition coefficient (Wildman–Crippen LogP) is 7.09. The van der Waals surface area contributed by atoms with E-state index < -0.39 is 11.6 Å². The van der Waals surface area contributed by atoms with Gasteiger partial charge in [0.2, 0.25) is 11.8 Å². The quantitative estimate of drug-likeness (QED) is 0.0715. The van der Waals surface area contributed by atoms with E-state index in [1.807, 2.05) is 71.6 Å². The van der Waals surface area contributed by atoms with Crippen LogP contribution in [0.3, 0.4) is 0 Å². The molecule has 0 radical (unpaired) electrons. The lowest BCUT2D eigenvalue weighted by Gasteiger charge is -2.38. The van der Waals surface area contributed by atoms with Crippen molar-refractivity contribution in [1.82, 2.24) is 10.2 Å². The number of carbonyl (C=O) groups is 3. The van der Waals surface area contributed by atoms with Crippen molar-refractivity contribution in [3.8, 4) is 17.2 Å². The number of carboxylic acid groups (broad SMARTS) is 1. The summed E-state index contributed by atoms with van der Waals surface area (Å²) in [4.78, 5) is 39.5. The van der Waals surface area contributed by atoms with Gasteiger partial charge in [0.15, 0.2) is 0 Å². The molecule has 2 N–H and O–H groups in total. The van der Waals surface area contributed by atoms with Gasteiger partial charge < -0.3 is 39.0 Å². The number of rotatable bonds is 20. The second-order valence-corrected chi connectivity index (χ2v) is 14.1. The van der Waals surface area contributed by atoms with Gasteiger partial charge in [0.05, 0.1) is 51.6 Å². The number of carboxylic acids is 1. The molecule has 1 aliphatic heterocycles. The topological polar surface area (TPSA) is 133 Å². The van der Waals surface area contributed by atoms with Gasteiger partial charge in [-0.2, -0.15) is 0 Å². The van der Waals surface area contributed by atoms with Crippen molar-refractivity contribution in [2.45, 2.75) is 70.1 Å². The van der Waals surface area contributed by atoms with Gasteiger partial charge in [0, 0.05) is 26.6 Å². The van der Waals surface area contributed by atoms with E-state index in [4.69, 9.17) is 23.7 Å². The summed E-state index contributed by atoms with van der Waals surface area (Å²) in [5.41, 5.74) is 3.29. The second kappa shape index (κ2) is 20.0. The molecule has 5 rings (SSSR count). The minimum absolute atomic E-state index is 0.0559. The fourth-order valence-electron chi connectivity index (χ4n) is 7.45. The van der Waals surface area contributed by atoms with Crippen LogP contribution in [0.25, 0.3) is 0 Å². The van der Waals surface area contributed by atoms with Crippen LogP contribution >= 0.6 is 0 Å². The number of nitrogens with one attached hydrogen (secondary N) is 1. The lowest BCUT2D eigenvalue weighted by atomic mass is 9.80. The molecule has 0 unspecified atom stereocenters. The highest BCUT2D eigenvalue weighted by molar-refractivity contribution is 5.91.